The summed E-state index contributed by atoms with van der Waals surface area (Å²) in [6.07, 6.45) is 9.49. The molecule has 0 fully saturated rings. The zero-order valence-corrected chi connectivity index (χ0v) is 10.4. The van der Waals surface area contributed by atoms with E-state index in [4.69, 9.17) is 6.42 Å². The van der Waals surface area contributed by atoms with Gasteiger partial charge in [0.25, 0.3) is 0 Å². The minimum absolute atomic E-state index is 0.109. The topological polar surface area (TPSA) is 31.6 Å². The molecule has 2 N–H and O–H groups in total. The maximum Gasteiger partial charge on any atom is 0.0653 e. The van der Waals surface area contributed by atoms with Crippen LogP contribution in [0.5, 0.6) is 0 Å². The van der Waals surface area contributed by atoms with E-state index in [0.29, 0.717) is 0 Å². The van der Waals surface area contributed by atoms with E-state index < -0.39 is 0 Å². The number of rotatable bonds is 3. The van der Waals surface area contributed by atoms with Gasteiger partial charge in [-0.05, 0) is 35.9 Å². The average molecular weight is 246 g/mol. The third-order valence-electron chi connectivity index (χ3n) is 3.29. The van der Waals surface area contributed by atoms with E-state index in [1.54, 1.807) is 0 Å². The predicted molar refractivity (Wildman–Crippen MR) is 76.9 cm³/mol. The van der Waals surface area contributed by atoms with Crippen molar-refractivity contribution in [1.82, 2.24) is 9.97 Å². The molecule has 19 heavy (non-hydrogen) atoms. The van der Waals surface area contributed by atoms with Crippen LogP contribution in [0.3, 0.4) is 0 Å². The molecular weight excluding hydrogens is 232 g/mol. The fourth-order valence-electron chi connectivity index (χ4n) is 2.43. The lowest BCUT2D eigenvalue weighted by molar-refractivity contribution is 0.895. The number of hydrogen-bond donors (Lipinski definition) is 2. The van der Waals surface area contributed by atoms with Gasteiger partial charge in [0, 0.05) is 29.3 Å². The van der Waals surface area contributed by atoms with E-state index in [2.05, 4.69) is 34.1 Å². The number of H-pyrrole nitrogens is 2. The van der Waals surface area contributed by atoms with E-state index >= 15 is 0 Å². The summed E-state index contributed by atoms with van der Waals surface area (Å²) in [6.45, 7) is 0. The maximum absolute atomic E-state index is 5.62. The molecule has 0 atom stereocenters. The second-order valence-corrected chi connectivity index (χ2v) is 4.42. The van der Waals surface area contributed by atoms with E-state index in [-0.39, 0.29) is 5.92 Å². The maximum atomic E-state index is 5.62. The summed E-state index contributed by atoms with van der Waals surface area (Å²) in [5, 5.41) is 0. The summed E-state index contributed by atoms with van der Waals surface area (Å²) < 4.78 is 0. The molecule has 0 unspecified atom stereocenters. The Kier molecular flexibility index (Phi) is 2.96. The minimum atomic E-state index is 0.109. The van der Waals surface area contributed by atoms with Gasteiger partial charge in [0.1, 0.15) is 0 Å². The zero-order chi connectivity index (χ0) is 13.1. The molecule has 2 heterocycles. The number of terminal acetylenes is 1. The van der Waals surface area contributed by atoms with Crippen molar-refractivity contribution in [2.75, 3.05) is 0 Å². The van der Waals surface area contributed by atoms with E-state index in [1.807, 2.05) is 42.7 Å². The number of hydrogen-bond acceptors (Lipinski definition) is 0. The van der Waals surface area contributed by atoms with Gasteiger partial charge in [0.2, 0.25) is 0 Å². The van der Waals surface area contributed by atoms with Crippen LogP contribution in [0.4, 0.5) is 0 Å². The Morgan fingerprint density at radius 1 is 0.842 bits per heavy atom. The SMILES string of the molecule is C#Cc1ccccc1C(c1ccc[nH]1)c1ccc[nH]1. The molecule has 0 saturated heterocycles. The number of aromatic nitrogens is 2. The third kappa shape index (κ3) is 2.07. The van der Waals surface area contributed by atoms with Crippen LogP contribution in [-0.2, 0) is 0 Å². The van der Waals surface area contributed by atoms with Gasteiger partial charge in [-0.2, -0.15) is 0 Å². The second-order valence-electron chi connectivity index (χ2n) is 4.42. The van der Waals surface area contributed by atoms with Crippen LogP contribution >= 0.6 is 0 Å². The molecule has 3 aromatic rings. The highest BCUT2D eigenvalue weighted by Crippen LogP contribution is 2.31. The molecule has 92 valence electrons. The van der Waals surface area contributed by atoms with E-state index in [1.165, 1.54) is 0 Å². The highest BCUT2D eigenvalue weighted by Gasteiger charge is 2.20. The zero-order valence-electron chi connectivity index (χ0n) is 10.4. The molecule has 2 heteroatoms. The molecule has 0 aliphatic rings. The monoisotopic (exact) mass is 246 g/mol. The van der Waals surface area contributed by atoms with Crippen molar-refractivity contribution in [3.63, 3.8) is 0 Å². The van der Waals surface area contributed by atoms with Gasteiger partial charge in [-0.3, -0.25) is 0 Å². The average Bonchev–Trinajstić information content (AvgIpc) is 3.13. The van der Waals surface area contributed by atoms with Crippen molar-refractivity contribution >= 4 is 0 Å². The lowest BCUT2D eigenvalue weighted by Gasteiger charge is -2.17. The Hall–Kier alpha value is -2.66. The first-order valence-electron chi connectivity index (χ1n) is 6.22. The fourth-order valence-corrected chi connectivity index (χ4v) is 2.43. The van der Waals surface area contributed by atoms with Gasteiger partial charge in [0.15, 0.2) is 0 Å². The number of benzene rings is 1. The van der Waals surface area contributed by atoms with Crippen molar-refractivity contribution < 1.29 is 0 Å². The molecule has 1 aromatic carbocycles. The Labute approximate surface area is 112 Å². The van der Waals surface area contributed by atoms with E-state index in [0.717, 1.165) is 22.5 Å². The molecular formula is C17H14N2. The first-order valence-corrected chi connectivity index (χ1v) is 6.22. The lowest BCUT2D eigenvalue weighted by atomic mass is 9.89. The standard InChI is InChI=1S/C17H14N2/c1-2-13-7-3-4-8-14(13)17(15-9-5-11-18-15)16-10-6-12-19-16/h1,3-12,17-19H. The Bertz CT molecular complexity index is 651. The van der Waals surface area contributed by atoms with Crippen LogP contribution in [0, 0.1) is 12.3 Å². The Morgan fingerprint density at radius 2 is 1.47 bits per heavy atom. The molecule has 2 aromatic heterocycles. The van der Waals surface area contributed by atoms with Gasteiger partial charge >= 0.3 is 0 Å². The number of aromatic amines is 2. The minimum Gasteiger partial charge on any atom is -0.364 e. The smallest absolute Gasteiger partial charge is 0.0653 e. The van der Waals surface area contributed by atoms with Gasteiger partial charge in [-0.25, -0.2) is 0 Å². The Morgan fingerprint density at radius 3 is 2.00 bits per heavy atom. The lowest BCUT2D eigenvalue weighted by Crippen LogP contribution is -2.06. The molecule has 2 nitrogen and oxygen atoms in total. The fraction of sp³-hybridized carbons (Fsp3) is 0.0588. The number of nitrogens with one attached hydrogen (secondary N) is 2. The van der Waals surface area contributed by atoms with Crippen LogP contribution in [0.1, 0.15) is 28.4 Å². The summed E-state index contributed by atoms with van der Waals surface area (Å²) in [7, 11) is 0. The highest BCUT2D eigenvalue weighted by molar-refractivity contribution is 5.48. The van der Waals surface area contributed by atoms with Gasteiger partial charge in [0.05, 0.1) is 5.92 Å². The van der Waals surface area contributed by atoms with Crippen molar-refractivity contribution in [2.45, 2.75) is 5.92 Å². The van der Waals surface area contributed by atoms with Gasteiger partial charge in [-0.1, -0.05) is 24.1 Å². The van der Waals surface area contributed by atoms with Crippen LogP contribution < -0.4 is 0 Å². The Balaban J connectivity index is 2.18. The van der Waals surface area contributed by atoms with Crippen molar-refractivity contribution in [3.05, 3.63) is 83.4 Å². The molecule has 3 rings (SSSR count). The molecule has 0 saturated carbocycles. The highest BCUT2D eigenvalue weighted by atomic mass is 14.7. The summed E-state index contributed by atoms with van der Waals surface area (Å²) in [5.41, 5.74) is 4.32. The summed E-state index contributed by atoms with van der Waals surface area (Å²) in [6, 6.07) is 16.2. The van der Waals surface area contributed by atoms with Crippen molar-refractivity contribution in [2.24, 2.45) is 0 Å². The van der Waals surface area contributed by atoms with Crippen LogP contribution in [0.2, 0.25) is 0 Å². The van der Waals surface area contributed by atoms with Gasteiger partial charge < -0.3 is 9.97 Å². The molecule has 0 aliphatic heterocycles. The van der Waals surface area contributed by atoms with Crippen LogP contribution in [0.25, 0.3) is 0 Å². The summed E-state index contributed by atoms with van der Waals surface area (Å²) in [5.74, 6) is 2.88. The second kappa shape index (κ2) is 4.91. The van der Waals surface area contributed by atoms with Crippen LogP contribution in [0.15, 0.2) is 60.9 Å². The van der Waals surface area contributed by atoms with Crippen molar-refractivity contribution in [3.8, 4) is 12.3 Å². The summed E-state index contributed by atoms with van der Waals surface area (Å²) in [4.78, 5) is 6.57. The molecule has 0 amide bonds. The first-order chi connectivity index (χ1) is 9.40. The summed E-state index contributed by atoms with van der Waals surface area (Å²) >= 11 is 0. The molecule has 0 spiro atoms. The third-order valence-corrected chi connectivity index (χ3v) is 3.29. The predicted octanol–water partition coefficient (Wildman–Crippen LogP) is 3.50. The van der Waals surface area contributed by atoms with Crippen LogP contribution in [-0.4, -0.2) is 9.97 Å². The molecule has 0 bridgehead atoms. The molecule has 0 aliphatic carbocycles. The van der Waals surface area contributed by atoms with E-state index in [9.17, 15) is 0 Å². The largest absolute Gasteiger partial charge is 0.364 e. The normalized spacial score (nSPS) is 10.5. The molecule has 0 radical (unpaired) electrons. The van der Waals surface area contributed by atoms with Gasteiger partial charge in [-0.15, -0.1) is 6.42 Å². The quantitative estimate of drug-likeness (QED) is 0.663. The van der Waals surface area contributed by atoms with Crippen molar-refractivity contribution in [1.29, 1.82) is 0 Å². The first kappa shape index (κ1) is 11.4.